The quantitative estimate of drug-likeness (QED) is 0.822. The third-order valence-electron chi connectivity index (χ3n) is 5.52. The number of aromatic nitrogens is 2. The van der Waals surface area contributed by atoms with Crippen molar-refractivity contribution in [1.82, 2.24) is 15.5 Å². The molecule has 2 aromatic rings. The molecule has 144 valence electrons. The summed E-state index contributed by atoms with van der Waals surface area (Å²) >= 11 is 1.27. The molecule has 0 aliphatic carbocycles. The molecule has 2 N–H and O–H groups in total. The minimum atomic E-state index is -2.84. The molecule has 5 heterocycles. The molecule has 2 aromatic heterocycles. The highest BCUT2D eigenvalue weighted by molar-refractivity contribution is 7.18. The predicted octanol–water partition coefficient (Wildman–Crippen LogP) is 2.82. The Morgan fingerprint density at radius 3 is 2.96 bits per heavy atom. The largest absolute Gasteiger partial charge is 0.376 e. The molecule has 0 bridgehead atoms. The van der Waals surface area contributed by atoms with Crippen LogP contribution in [0.2, 0.25) is 0 Å². The Kier molecular flexibility index (Phi) is 3.98. The van der Waals surface area contributed by atoms with Gasteiger partial charge in [-0.25, -0.2) is 8.78 Å². The van der Waals surface area contributed by atoms with Gasteiger partial charge in [0.25, 0.3) is 11.8 Å². The van der Waals surface area contributed by atoms with Crippen LogP contribution in [0.5, 0.6) is 0 Å². The third-order valence-corrected chi connectivity index (χ3v) is 6.79. The lowest BCUT2D eigenvalue weighted by Gasteiger charge is -2.38. The van der Waals surface area contributed by atoms with Gasteiger partial charge in [-0.3, -0.25) is 9.89 Å². The standard InChI is InChI=1S/C18H20F2N4O2S/c19-18(20)5-11-14-16(27-15(11)10-6-21-22-7-10)17(25)23-12(8-24(14)9-18)13-3-1-2-4-26-13/h6-7,12-13H,1-5,8-9H2,(H,21,22)(H,23,25). The topological polar surface area (TPSA) is 70.2 Å². The van der Waals surface area contributed by atoms with Crippen LogP contribution in [0, 0.1) is 0 Å². The molecule has 0 radical (unpaired) electrons. The van der Waals surface area contributed by atoms with Crippen LogP contribution in [0.1, 0.15) is 34.5 Å². The molecular weight excluding hydrogens is 374 g/mol. The second kappa shape index (κ2) is 6.27. The first-order chi connectivity index (χ1) is 13.0. The number of halogens is 2. The molecule has 0 saturated carbocycles. The number of anilines is 1. The van der Waals surface area contributed by atoms with E-state index in [1.807, 2.05) is 0 Å². The Morgan fingerprint density at radius 2 is 2.22 bits per heavy atom. The fourth-order valence-corrected chi connectivity index (χ4v) is 5.58. The number of amides is 1. The van der Waals surface area contributed by atoms with E-state index >= 15 is 0 Å². The van der Waals surface area contributed by atoms with Crippen LogP contribution in [-0.4, -0.2) is 53.9 Å². The number of ether oxygens (including phenoxy) is 1. The summed E-state index contributed by atoms with van der Waals surface area (Å²) < 4.78 is 35.0. The average molecular weight is 394 g/mol. The zero-order valence-corrected chi connectivity index (χ0v) is 15.5. The maximum atomic E-state index is 14.6. The van der Waals surface area contributed by atoms with Crippen molar-refractivity contribution in [3.8, 4) is 10.4 Å². The van der Waals surface area contributed by atoms with Gasteiger partial charge in [0.2, 0.25) is 0 Å². The van der Waals surface area contributed by atoms with E-state index < -0.39 is 5.92 Å². The molecule has 3 aliphatic heterocycles. The van der Waals surface area contributed by atoms with Crippen LogP contribution in [0.4, 0.5) is 14.5 Å². The maximum Gasteiger partial charge on any atom is 0.269 e. The molecule has 27 heavy (non-hydrogen) atoms. The number of carbonyl (C=O) groups excluding carboxylic acids is 1. The molecular formula is C18H20F2N4O2S. The van der Waals surface area contributed by atoms with Crippen molar-refractivity contribution in [2.45, 2.75) is 43.8 Å². The number of rotatable bonds is 2. The zero-order chi connectivity index (χ0) is 18.6. The van der Waals surface area contributed by atoms with Gasteiger partial charge in [-0.15, -0.1) is 11.3 Å². The maximum absolute atomic E-state index is 14.6. The van der Waals surface area contributed by atoms with Crippen molar-refractivity contribution < 1.29 is 18.3 Å². The fourth-order valence-electron chi connectivity index (χ4n) is 4.36. The van der Waals surface area contributed by atoms with Crippen LogP contribution in [0.15, 0.2) is 12.4 Å². The van der Waals surface area contributed by atoms with Gasteiger partial charge in [-0.05, 0) is 19.3 Å². The first kappa shape index (κ1) is 17.1. The van der Waals surface area contributed by atoms with E-state index in [0.29, 0.717) is 34.2 Å². The molecule has 0 aromatic carbocycles. The van der Waals surface area contributed by atoms with Crippen molar-refractivity contribution in [2.75, 3.05) is 24.6 Å². The van der Waals surface area contributed by atoms with Gasteiger partial charge < -0.3 is 15.0 Å². The summed E-state index contributed by atoms with van der Waals surface area (Å²) in [7, 11) is 0. The predicted molar refractivity (Wildman–Crippen MR) is 97.6 cm³/mol. The van der Waals surface area contributed by atoms with E-state index in [4.69, 9.17) is 4.74 Å². The lowest BCUT2D eigenvalue weighted by molar-refractivity contribution is -0.0109. The van der Waals surface area contributed by atoms with Crippen molar-refractivity contribution in [2.24, 2.45) is 0 Å². The lowest BCUT2D eigenvalue weighted by atomic mass is 9.96. The van der Waals surface area contributed by atoms with Crippen LogP contribution in [0.3, 0.4) is 0 Å². The normalized spacial score (nSPS) is 27.0. The Hall–Kier alpha value is -2.00. The van der Waals surface area contributed by atoms with Crippen LogP contribution in [-0.2, 0) is 11.2 Å². The number of thiophene rings is 1. The fraction of sp³-hybridized carbons (Fsp3) is 0.556. The van der Waals surface area contributed by atoms with Gasteiger partial charge >= 0.3 is 0 Å². The highest BCUT2D eigenvalue weighted by atomic mass is 32.1. The van der Waals surface area contributed by atoms with Crippen molar-refractivity contribution in [3.63, 3.8) is 0 Å². The third kappa shape index (κ3) is 2.93. The average Bonchev–Trinajstić information content (AvgIpc) is 3.25. The molecule has 3 aliphatic rings. The first-order valence-electron chi connectivity index (χ1n) is 9.22. The van der Waals surface area contributed by atoms with Crippen LogP contribution < -0.4 is 10.2 Å². The monoisotopic (exact) mass is 394 g/mol. The smallest absolute Gasteiger partial charge is 0.269 e. The Bertz CT molecular complexity index is 861. The number of hydrogen-bond acceptors (Lipinski definition) is 5. The van der Waals surface area contributed by atoms with Gasteiger partial charge in [0.05, 0.1) is 30.6 Å². The van der Waals surface area contributed by atoms with E-state index in [1.165, 1.54) is 11.3 Å². The minimum Gasteiger partial charge on any atom is -0.376 e. The van der Waals surface area contributed by atoms with E-state index in [2.05, 4.69) is 15.5 Å². The molecule has 1 saturated heterocycles. The van der Waals surface area contributed by atoms with Crippen LogP contribution in [0.25, 0.3) is 10.4 Å². The summed E-state index contributed by atoms with van der Waals surface area (Å²) in [5.74, 6) is -3.03. The van der Waals surface area contributed by atoms with Gasteiger partial charge in [-0.1, -0.05) is 0 Å². The van der Waals surface area contributed by atoms with Gasteiger partial charge in [0.1, 0.15) is 4.88 Å². The number of H-pyrrole nitrogens is 1. The van der Waals surface area contributed by atoms with Crippen LogP contribution >= 0.6 is 11.3 Å². The summed E-state index contributed by atoms with van der Waals surface area (Å²) in [4.78, 5) is 15.8. The second-order valence-corrected chi connectivity index (χ2v) is 8.49. The Labute approximate surface area is 158 Å². The lowest BCUT2D eigenvalue weighted by Crippen LogP contribution is -2.53. The second-order valence-electron chi connectivity index (χ2n) is 7.47. The Balaban J connectivity index is 1.58. The molecule has 5 rings (SSSR count). The molecule has 2 unspecified atom stereocenters. The number of carbonyl (C=O) groups is 1. The summed E-state index contributed by atoms with van der Waals surface area (Å²) in [5.41, 5.74) is 1.95. The van der Waals surface area contributed by atoms with Crippen molar-refractivity contribution >= 4 is 22.9 Å². The van der Waals surface area contributed by atoms with E-state index in [9.17, 15) is 13.6 Å². The molecule has 6 nitrogen and oxygen atoms in total. The van der Waals surface area contributed by atoms with E-state index in [0.717, 1.165) is 24.8 Å². The highest BCUT2D eigenvalue weighted by Gasteiger charge is 2.46. The number of nitrogens with zero attached hydrogens (tertiary/aromatic N) is 2. The number of alkyl halides is 2. The Morgan fingerprint density at radius 1 is 1.33 bits per heavy atom. The van der Waals surface area contributed by atoms with Gasteiger partial charge in [0, 0.05) is 41.8 Å². The number of nitrogens with one attached hydrogen (secondary N) is 2. The number of aromatic amines is 1. The summed E-state index contributed by atoms with van der Waals surface area (Å²) in [6, 6.07) is -0.281. The molecule has 1 fully saturated rings. The van der Waals surface area contributed by atoms with Crippen molar-refractivity contribution in [3.05, 3.63) is 22.8 Å². The number of hydrogen-bond donors (Lipinski definition) is 2. The molecule has 2 atom stereocenters. The first-order valence-corrected chi connectivity index (χ1v) is 10.0. The summed E-state index contributed by atoms with van der Waals surface area (Å²) in [6.45, 7) is 0.630. The highest BCUT2D eigenvalue weighted by Crippen LogP contribution is 2.48. The van der Waals surface area contributed by atoms with E-state index in [-0.39, 0.29) is 31.0 Å². The summed E-state index contributed by atoms with van der Waals surface area (Å²) in [5, 5.41) is 9.70. The van der Waals surface area contributed by atoms with E-state index in [1.54, 1.807) is 17.3 Å². The summed E-state index contributed by atoms with van der Waals surface area (Å²) in [6.07, 6.45) is 5.69. The molecule has 1 amide bonds. The molecule has 9 heteroatoms. The van der Waals surface area contributed by atoms with Gasteiger partial charge in [0.15, 0.2) is 0 Å². The van der Waals surface area contributed by atoms with Gasteiger partial charge in [-0.2, -0.15) is 5.10 Å². The minimum absolute atomic E-state index is 0.121. The SMILES string of the molecule is O=C1NC(C2CCCCO2)CN2CC(F)(F)Cc3c(-c4cn[nH]c4)sc1c32. The zero-order valence-electron chi connectivity index (χ0n) is 14.6. The molecule has 0 spiro atoms. The van der Waals surface area contributed by atoms with Crippen molar-refractivity contribution in [1.29, 1.82) is 0 Å².